The highest BCUT2D eigenvalue weighted by atomic mass is 35.5. The first-order chi connectivity index (χ1) is 8.74. The van der Waals surface area contributed by atoms with Crippen LogP contribution in [0.2, 0.25) is 5.15 Å². The molecule has 2 aromatic heterocycles. The Kier molecular flexibility index (Phi) is 4.36. The molecule has 0 unspecified atom stereocenters. The van der Waals surface area contributed by atoms with E-state index in [0.717, 1.165) is 12.8 Å². The van der Waals surface area contributed by atoms with Gasteiger partial charge in [0.05, 0.1) is 6.61 Å². The Morgan fingerprint density at radius 3 is 2.72 bits per heavy atom. The molecular weight excluding hydrogens is 250 g/mol. The molecule has 0 aliphatic rings. The Labute approximate surface area is 111 Å². The maximum absolute atomic E-state index is 5.78. The number of aryl methyl sites for hydroxylation is 1. The van der Waals surface area contributed by atoms with Crippen LogP contribution in [-0.4, -0.2) is 16.6 Å². The van der Waals surface area contributed by atoms with Crippen molar-refractivity contribution in [2.24, 2.45) is 0 Å². The van der Waals surface area contributed by atoms with E-state index in [-0.39, 0.29) is 0 Å². The molecule has 0 amide bonds. The molecule has 0 atom stereocenters. The monoisotopic (exact) mass is 263 g/mol. The minimum atomic E-state index is 0.346. The first-order valence-corrected chi connectivity index (χ1v) is 6.06. The molecule has 2 heterocycles. The quantitative estimate of drug-likeness (QED) is 0.666. The van der Waals surface area contributed by atoms with Gasteiger partial charge in [0, 0.05) is 24.1 Å². The average molecular weight is 264 g/mol. The highest BCUT2D eigenvalue weighted by Gasteiger charge is 2.00. The lowest BCUT2D eigenvalue weighted by molar-refractivity contribution is 0.299. The van der Waals surface area contributed by atoms with Gasteiger partial charge in [0.2, 0.25) is 5.88 Å². The van der Waals surface area contributed by atoms with Gasteiger partial charge in [0.25, 0.3) is 0 Å². The maximum atomic E-state index is 5.78. The predicted octanol–water partition coefficient (Wildman–Crippen LogP) is 2.72. The summed E-state index contributed by atoms with van der Waals surface area (Å²) >= 11 is 5.78. The number of nitrogens with two attached hydrogens (primary N) is 1. The summed E-state index contributed by atoms with van der Waals surface area (Å²) in [5.41, 5.74) is 7.44. The number of rotatable bonds is 5. The van der Waals surface area contributed by atoms with Crippen LogP contribution in [0, 0.1) is 0 Å². The average Bonchev–Trinajstić information content (AvgIpc) is 2.35. The standard InChI is InChI=1S/C13H14ClN3O/c14-12-8-11(15)9-13(17-12)18-7-1-2-10-3-5-16-6-4-10/h3-6,8-9H,1-2,7H2,(H2,15,17). The molecule has 0 saturated heterocycles. The first-order valence-electron chi connectivity index (χ1n) is 5.69. The Morgan fingerprint density at radius 2 is 2.00 bits per heavy atom. The Morgan fingerprint density at radius 1 is 1.22 bits per heavy atom. The molecule has 0 radical (unpaired) electrons. The summed E-state index contributed by atoms with van der Waals surface area (Å²) < 4.78 is 5.50. The Bertz CT molecular complexity index is 485. The number of anilines is 1. The van der Waals surface area contributed by atoms with Gasteiger partial charge in [-0.25, -0.2) is 4.98 Å². The topological polar surface area (TPSA) is 61.0 Å². The molecule has 2 rings (SSSR count). The van der Waals surface area contributed by atoms with E-state index in [9.17, 15) is 0 Å². The number of hydrogen-bond acceptors (Lipinski definition) is 4. The fraction of sp³-hybridized carbons (Fsp3) is 0.231. The Balaban J connectivity index is 1.78. The molecule has 0 aromatic carbocycles. The van der Waals surface area contributed by atoms with E-state index in [4.69, 9.17) is 22.1 Å². The van der Waals surface area contributed by atoms with Crippen LogP contribution in [0.3, 0.4) is 0 Å². The van der Waals surface area contributed by atoms with Crippen LogP contribution in [0.5, 0.6) is 5.88 Å². The molecule has 0 aliphatic heterocycles. The van der Waals surface area contributed by atoms with Gasteiger partial charge in [-0.3, -0.25) is 4.98 Å². The lowest BCUT2D eigenvalue weighted by Crippen LogP contribution is -2.01. The molecule has 0 aliphatic carbocycles. The van der Waals surface area contributed by atoms with Crippen LogP contribution in [0.15, 0.2) is 36.7 Å². The maximum Gasteiger partial charge on any atom is 0.216 e. The van der Waals surface area contributed by atoms with Gasteiger partial charge in [-0.1, -0.05) is 11.6 Å². The second-order valence-electron chi connectivity index (χ2n) is 3.87. The van der Waals surface area contributed by atoms with Crippen molar-refractivity contribution < 1.29 is 4.74 Å². The number of nitrogen functional groups attached to an aromatic ring is 1. The van der Waals surface area contributed by atoms with Crippen molar-refractivity contribution in [2.45, 2.75) is 12.8 Å². The number of nitrogens with zero attached hydrogens (tertiary/aromatic N) is 2. The predicted molar refractivity (Wildman–Crippen MR) is 71.7 cm³/mol. The van der Waals surface area contributed by atoms with Crippen LogP contribution in [0.4, 0.5) is 5.69 Å². The van der Waals surface area contributed by atoms with Crippen LogP contribution in [-0.2, 0) is 6.42 Å². The van der Waals surface area contributed by atoms with Gasteiger partial charge < -0.3 is 10.5 Å². The third kappa shape index (κ3) is 3.89. The number of halogens is 1. The number of aromatic nitrogens is 2. The highest BCUT2D eigenvalue weighted by molar-refractivity contribution is 6.29. The van der Waals surface area contributed by atoms with Crippen LogP contribution in [0.25, 0.3) is 0 Å². The van der Waals surface area contributed by atoms with Gasteiger partial charge in [-0.15, -0.1) is 0 Å². The second kappa shape index (κ2) is 6.21. The van der Waals surface area contributed by atoms with Crippen molar-refractivity contribution in [3.05, 3.63) is 47.4 Å². The fourth-order valence-electron chi connectivity index (χ4n) is 1.57. The molecule has 4 nitrogen and oxygen atoms in total. The molecule has 0 fully saturated rings. The normalized spacial score (nSPS) is 10.3. The number of pyridine rings is 2. The third-order valence-corrected chi connectivity index (χ3v) is 2.60. The lowest BCUT2D eigenvalue weighted by Gasteiger charge is -2.06. The summed E-state index contributed by atoms with van der Waals surface area (Å²) in [4.78, 5) is 8.00. The SMILES string of the molecule is Nc1cc(Cl)nc(OCCCc2ccncc2)c1. The van der Waals surface area contributed by atoms with E-state index < -0.39 is 0 Å². The van der Waals surface area contributed by atoms with Crippen molar-refractivity contribution in [3.8, 4) is 5.88 Å². The summed E-state index contributed by atoms with van der Waals surface area (Å²) in [5, 5.41) is 0.346. The lowest BCUT2D eigenvalue weighted by atomic mass is 10.1. The van der Waals surface area contributed by atoms with E-state index in [0.29, 0.717) is 23.3 Å². The molecule has 0 saturated carbocycles. The highest BCUT2D eigenvalue weighted by Crippen LogP contribution is 2.17. The molecule has 18 heavy (non-hydrogen) atoms. The second-order valence-corrected chi connectivity index (χ2v) is 4.26. The Hall–Kier alpha value is -1.81. The van der Waals surface area contributed by atoms with Crippen molar-refractivity contribution in [1.82, 2.24) is 9.97 Å². The van der Waals surface area contributed by atoms with E-state index in [2.05, 4.69) is 9.97 Å². The molecule has 0 spiro atoms. The summed E-state index contributed by atoms with van der Waals surface area (Å²) in [6, 6.07) is 7.24. The zero-order chi connectivity index (χ0) is 12.8. The first kappa shape index (κ1) is 12.6. The molecule has 94 valence electrons. The van der Waals surface area contributed by atoms with Crippen LogP contribution in [0.1, 0.15) is 12.0 Å². The van der Waals surface area contributed by atoms with Crippen LogP contribution < -0.4 is 10.5 Å². The molecule has 2 N–H and O–H groups in total. The van der Waals surface area contributed by atoms with Gasteiger partial charge in [-0.2, -0.15) is 0 Å². The van der Waals surface area contributed by atoms with E-state index in [1.807, 2.05) is 12.1 Å². The number of hydrogen-bond donors (Lipinski definition) is 1. The minimum Gasteiger partial charge on any atom is -0.478 e. The van der Waals surface area contributed by atoms with E-state index >= 15 is 0 Å². The van der Waals surface area contributed by atoms with Gasteiger partial charge in [0.1, 0.15) is 5.15 Å². The molecule has 2 aromatic rings. The molecule has 0 bridgehead atoms. The van der Waals surface area contributed by atoms with Crippen molar-refractivity contribution in [2.75, 3.05) is 12.3 Å². The molecule has 5 heteroatoms. The summed E-state index contributed by atoms with van der Waals surface area (Å²) in [6.45, 7) is 0.578. The third-order valence-electron chi connectivity index (χ3n) is 2.40. The van der Waals surface area contributed by atoms with E-state index in [1.54, 1.807) is 24.5 Å². The summed E-state index contributed by atoms with van der Waals surface area (Å²) in [6.07, 6.45) is 5.42. The van der Waals surface area contributed by atoms with Crippen molar-refractivity contribution >= 4 is 17.3 Å². The van der Waals surface area contributed by atoms with Crippen LogP contribution >= 0.6 is 11.6 Å². The van der Waals surface area contributed by atoms with Gasteiger partial charge >= 0.3 is 0 Å². The van der Waals surface area contributed by atoms with E-state index in [1.165, 1.54) is 5.56 Å². The smallest absolute Gasteiger partial charge is 0.216 e. The number of ether oxygens (including phenoxy) is 1. The molecular formula is C13H14ClN3O. The largest absolute Gasteiger partial charge is 0.478 e. The van der Waals surface area contributed by atoms with Gasteiger partial charge in [-0.05, 0) is 36.6 Å². The van der Waals surface area contributed by atoms with Crippen molar-refractivity contribution in [3.63, 3.8) is 0 Å². The summed E-state index contributed by atoms with van der Waals surface area (Å²) in [7, 11) is 0. The summed E-state index contributed by atoms with van der Waals surface area (Å²) in [5.74, 6) is 0.467. The fourth-order valence-corrected chi connectivity index (χ4v) is 1.78. The van der Waals surface area contributed by atoms with Gasteiger partial charge in [0.15, 0.2) is 0 Å². The minimum absolute atomic E-state index is 0.346. The van der Waals surface area contributed by atoms with Crippen molar-refractivity contribution in [1.29, 1.82) is 0 Å². The zero-order valence-corrected chi connectivity index (χ0v) is 10.6. The zero-order valence-electron chi connectivity index (χ0n) is 9.84.